The number of rotatable bonds is 5. The maximum Gasteiger partial charge on any atom is 0.244 e. The van der Waals surface area contributed by atoms with E-state index in [2.05, 4.69) is 16.3 Å². The Bertz CT molecular complexity index is 1250. The average molecular weight is 451 g/mol. The highest BCUT2D eigenvalue weighted by atomic mass is 35.5. The first-order valence-corrected chi connectivity index (χ1v) is 10.4. The van der Waals surface area contributed by atoms with Gasteiger partial charge in [0.15, 0.2) is 0 Å². The predicted molar refractivity (Wildman–Crippen MR) is 121 cm³/mol. The molecule has 0 bridgehead atoms. The van der Waals surface area contributed by atoms with Crippen molar-refractivity contribution >= 4 is 11.6 Å². The molecule has 3 N–H and O–H groups in total. The van der Waals surface area contributed by atoms with Gasteiger partial charge in [0, 0.05) is 21.8 Å². The second-order valence-electron chi connectivity index (χ2n) is 7.72. The molecule has 1 aliphatic rings. The number of nitriles is 1. The third-order valence-corrected chi connectivity index (χ3v) is 6.17. The second kappa shape index (κ2) is 8.48. The number of aromatic nitrogens is 2. The zero-order chi connectivity index (χ0) is 23.0. The SMILES string of the molecule is COc1ccc([C@H]2C(C#N)=C(N)Oc3n[nH]c(C)c32)cc1COc1cc(C)c(Cl)c(C)c1. The first-order chi connectivity index (χ1) is 15.3. The molecule has 0 aliphatic carbocycles. The monoisotopic (exact) mass is 450 g/mol. The molecule has 0 radical (unpaired) electrons. The lowest BCUT2D eigenvalue weighted by Gasteiger charge is -2.24. The van der Waals surface area contributed by atoms with Gasteiger partial charge in [-0.3, -0.25) is 5.10 Å². The summed E-state index contributed by atoms with van der Waals surface area (Å²) in [5.74, 6) is 1.43. The van der Waals surface area contributed by atoms with E-state index in [9.17, 15) is 5.26 Å². The highest BCUT2D eigenvalue weighted by Crippen LogP contribution is 2.43. The van der Waals surface area contributed by atoms with Crippen molar-refractivity contribution in [2.75, 3.05) is 7.11 Å². The van der Waals surface area contributed by atoms with Gasteiger partial charge in [-0.2, -0.15) is 5.26 Å². The molecule has 1 aromatic heterocycles. The number of methoxy groups -OCH3 is 1. The summed E-state index contributed by atoms with van der Waals surface area (Å²) in [7, 11) is 1.61. The van der Waals surface area contributed by atoms with Crippen LogP contribution in [0.1, 0.15) is 39.4 Å². The topological polar surface area (TPSA) is 106 Å². The van der Waals surface area contributed by atoms with Crippen LogP contribution < -0.4 is 19.9 Å². The molecular weight excluding hydrogens is 428 g/mol. The average Bonchev–Trinajstić information content (AvgIpc) is 3.14. The summed E-state index contributed by atoms with van der Waals surface area (Å²) in [4.78, 5) is 0. The fourth-order valence-corrected chi connectivity index (χ4v) is 4.08. The van der Waals surface area contributed by atoms with Crippen LogP contribution in [-0.4, -0.2) is 17.3 Å². The smallest absolute Gasteiger partial charge is 0.244 e. The zero-order valence-electron chi connectivity index (χ0n) is 18.2. The number of halogens is 1. The number of hydrogen-bond acceptors (Lipinski definition) is 6. The van der Waals surface area contributed by atoms with Gasteiger partial charge in [-0.1, -0.05) is 17.7 Å². The van der Waals surface area contributed by atoms with Crippen LogP contribution >= 0.6 is 11.6 Å². The molecule has 0 amide bonds. The number of hydrogen-bond donors (Lipinski definition) is 2. The van der Waals surface area contributed by atoms with Gasteiger partial charge in [0.2, 0.25) is 11.8 Å². The Morgan fingerprint density at radius 2 is 1.94 bits per heavy atom. The molecule has 2 aromatic carbocycles. The number of aromatic amines is 1. The Balaban J connectivity index is 1.72. The molecule has 32 heavy (non-hydrogen) atoms. The number of benzene rings is 2. The van der Waals surface area contributed by atoms with Gasteiger partial charge < -0.3 is 19.9 Å². The zero-order valence-corrected chi connectivity index (χ0v) is 19.0. The molecule has 7 nitrogen and oxygen atoms in total. The van der Waals surface area contributed by atoms with Gasteiger partial charge in [0.05, 0.1) is 13.0 Å². The molecule has 0 saturated carbocycles. The summed E-state index contributed by atoms with van der Waals surface area (Å²) >= 11 is 6.27. The van der Waals surface area contributed by atoms with Crippen molar-refractivity contribution in [2.24, 2.45) is 5.73 Å². The van der Waals surface area contributed by atoms with E-state index < -0.39 is 5.92 Å². The summed E-state index contributed by atoms with van der Waals surface area (Å²) in [6, 6.07) is 11.7. The minimum absolute atomic E-state index is 0.0530. The maximum atomic E-state index is 9.78. The molecule has 2 heterocycles. The molecule has 1 aliphatic heterocycles. The molecule has 4 rings (SSSR count). The van der Waals surface area contributed by atoms with Crippen LogP contribution in [0.5, 0.6) is 17.4 Å². The molecule has 0 fully saturated rings. The Labute approximate surface area is 191 Å². The summed E-state index contributed by atoms with van der Waals surface area (Å²) in [5, 5.41) is 17.6. The third-order valence-electron chi connectivity index (χ3n) is 5.57. The lowest BCUT2D eigenvalue weighted by Crippen LogP contribution is -2.21. The summed E-state index contributed by atoms with van der Waals surface area (Å²) in [6.45, 7) is 6.05. The molecular formula is C24H23ClN4O3. The highest BCUT2D eigenvalue weighted by Gasteiger charge is 2.34. The van der Waals surface area contributed by atoms with Crippen LogP contribution in [0.25, 0.3) is 0 Å². The van der Waals surface area contributed by atoms with Crippen molar-refractivity contribution in [3.63, 3.8) is 0 Å². The number of allylic oxidation sites excluding steroid dienone is 1. The van der Waals surface area contributed by atoms with Crippen LogP contribution in [0, 0.1) is 32.1 Å². The number of fused-ring (bicyclic) bond motifs is 1. The second-order valence-corrected chi connectivity index (χ2v) is 8.10. The number of nitrogens with two attached hydrogens (primary N) is 1. The first-order valence-electron chi connectivity index (χ1n) is 10.0. The van der Waals surface area contributed by atoms with E-state index in [1.54, 1.807) is 7.11 Å². The van der Waals surface area contributed by atoms with Crippen LogP contribution in [0.3, 0.4) is 0 Å². The number of H-pyrrole nitrogens is 1. The van der Waals surface area contributed by atoms with E-state index >= 15 is 0 Å². The molecule has 3 aromatic rings. The van der Waals surface area contributed by atoms with E-state index in [-0.39, 0.29) is 12.5 Å². The van der Waals surface area contributed by atoms with E-state index in [1.807, 2.05) is 51.1 Å². The molecule has 164 valence electrons. The minimum atomic E-state index is -0.410. The van der Waals surface area contributed by atoms with E-state index in [1.165, 1.54) is 0 Å². The van der Waals surface area contributed by atoms with E-state index in [4.69, 9.17) is 31.5 Å². The predicted octanol–water partition coefficient (Wildman–Crippen LogP) is 4.79. The van der Waals surface area contributed by atoms with Crippen LogP contribution in [0.4, 0.5) is 0 Å². The van der Waals surface area contributed by atoms with Crippen molar-refractivity contribution in [2.45, 2.75) is 33.3 Å². The number of aryl methyl sites for hydroxylation is 3. The molecule has 1 atom stereocenters. The molecule has 8 heteroatoms. The summed E-state index contributed by atoms with van der Waals surface area (Å²) in [5.41, 5.74) is 11.6. The number of nitrogens with zero attached hydrogens (tertiary/aromatic N) is 2. The van der Waals surface area contributed by atoms with Gasteiger partial charge in [0.1, 0.15) is 29.7 Å². The first kappa shape index (κ1) is 21.6. The number of nitrogens with one attached hydrogen (secondary N) is 1. The largest absolute Gasteiger partial charge is 0.496 e. The van der Waals surface area contributed by atoms with Crippen molar-refractivity contribution < 1.29 is 14.2 Å². The third kappa shape index (κ3) is 3.74. The highest BCUT2D eigenvalue weighted by molar-refractivity contribution is 6.32. The van der Waals surface area contributed by atoms with Gasteiger partial charge >= 0.3 is 0 Å². The standard InChI is InChI=1S/C24H23ClN4O3/c1-12-7-17(8-13(2)22(12)25)31-11-16-9-15(5-6-19(16)30-4)21-18(10-26)23(27)32-24-20(21)14(3)28-29-24/h5-9,21H,11,27H2,1-4H3,(H,28,29)/t21-/m0/s1. The van der Waals surface area contributed by atoms with Crippen LogP contribution in [0.2, 0.25) is 5.02 Å². The lowest BCUT2D eigenvalue weighted by molar-refractivity contribution is 0.296. The summed E-state index contributed by atoms with van der Waals surface area (Å²) in [6.07, 6.45) is 0. The quantitative estimate of drug-likeness (QED) is 0.578. The van der Waals surface area contributed by atoms with Crippen molar-refractivity contribution in [3.05, 3.63) is 80.3 Å². The fourth-order valence-electron chi connectivity index (χ4n) is 3.97. The van der Waals surface area contributed by atoms with Crippen molar-refractivity contribution in [1.82, 2.24) is 10.2 Å². The van der Waals surface area contributed by atoms with E-state index in [0.717, 1.165) is 44.3 Å². The maximum absolute atomic E-state index is 9.78. The summed E-state index contributed by atoms with van der Waals surface area (Å²) < 4.78 is 17.2. The van der Waals surface area contributed by atoms with E-state index in [0.29, 0.717) is 17.2 Å². The Hall–Kier alpha value is -3.63. The van der Waals surface area contributed by atoms with Gasteiger partial charge in [-0.15, -0.1) is 5.10 Å². The normalized spacial score (nSPS) is 15.1. The van der Waals surface area contributed by atoms with Crippen LogP contribution in [0.15, 0.2) is 41.8 Å². The van der Waals surface area contributed by atoms with Crippen LogP contribution in [-0.2, 0) is 6.61 Å². The lowest BCUT2D eigenvalue weighted by atomic mass is 9.83. The Morgan fingerprint density at radius 1 is 1.22 bits per heavy atom. The fraction of sp³-hybridized carbons (Fsp3) is 0.250. The number of ether oxygens (including phenoxy) is 3. The molecule has 0 saturated heterocycles. The van der Waals surface area contributed by atoms with Crippen molar-refractivity contribution in [1.29, 1.82) is 5.26 Å². The Morgan fingerprint density at radius 3 is 2.59 bits per heavy atom. The van der Waals surface area contributed by atoms with Gasteiger partial charge in [0.25, 0.3) is 0 Å². The molecule has 0 spiro atoms. The van der Waals surface area contributed by atoms with Gasteiger partial charge in [-0.05, 0) is 61.7 Å². The van der Waals surface area contributed by atoms with Gasteiger partial charge in [-0.25, -0.2) is 0 Å². The minimum Gasteiger partial charge on any atom is -0.496 e. The van der Waals surface area contributed by atoms with Crippen molar-refractivity contribution in [3.8, 4) is 23.4 Å². The molecule has 0 unspecified atom stereocenters. The Kier molecular flexibility index (Phi) is 5.72.